The number of nitrogens with one attached hydrogen (secondary N) is 1. The van der Waals surface area contributed by atoms with Gasteiger partial charge in [-0.1, -0.05) is 0 Å². The van der Waals surface area contributed by atoms with Crippen molar-refractivity contribution in [2.24, 2.45) is 5.92 Å². The average Bonchev–Trinajstić information content (AvgIpc) is 2.31. The van der Waals surface area contributed by atoms with Gasteiger partial charge in [-0.3, -0.25) is 14.7 Å². The van der Waals surface area contributed by atoms with Crippen molar-refractivity contribution < 1.29 is 0 Å². The number of rotatable bonds is 1. The van der Waals surface area contributed by atoms with Crippen LogP contribution in [0, 0.1) is 5.92 Å². The predicted molar refractivity (Wildman–Crippen MR) is 56.5 cm³/mol. The molecule has 4 heteroatoms. The monoisotopic (exact) mass is 205 g/mol. The van der Waals surface area contributed by atoms with Crippen LogP contribution in [0.15, 0.2) is 17.2 Å². The lowest BCUT2D eigenvalue weighted by Gasteiger charge is -2.44. The van der Waals surface area contributed by atoms with Gasteiger partial charge >= 0.3 is 0 Å². The SMILES string of the molecule is O=c1[nH]ccnc1C1CC2CCN1CC2. The molecule has 0 aromatic carbocycles. The minimum atomic E-state index is -0.0185. The molecule has 3 fully saturated rings. The molecule has 0 saturated carbocycles. The zero-order valence-corrected chi connectivity index (χ0v) is 8.65. The summed E-state index contributed by atoms with van der Waals surface area (Å²) in [5, 5.41) is 0. The molecule has 4 heterocycles. The molecule has 1 aromatic rings. The lowest BCUT2D eigenvalue weighted by Crippen LogP contribution is -2.45. The van der Waals surface area contributed by atoms with E-state index in [4.69, 9.17) is 0 Å². The zero-order chi connectivity index (χ0) is 10.3. The molecule has 1 aromatic heterocycles. The van der Waals surface area contributed by atoms with Gasteiger partial charge in [-0.2, -0.15) is 0 Å². The highest BCUT2D eigenvalue weighted by molar-refractivity contribution is 5.07. The summed E-state index contributed by atoms with van der Waals surface area (Å²) in [5.41, 5.74) is 0.692. The second kappa shape index (κ2) is 3.45. The molecule has 1 N–H and O–H groups in total. The van der Waals surface area contributed by atoms with Crippen LogP contribution < -0.4 is 5.56 Å². The highest BCUT2D eigenvalue weighted by Gasteiger charge is 2.36. The van der Waals surface area contributed by atoms with E-state index in [-0.39, 0.29) is 11.6 Å². The van der Waals surface area contributed by atoms with E-state index in [0.29, 0.717) is 5.69 Å². The molecule has 0 aliphatic carbocycles. The van der Waals surface area contributed by atoms with Crippen molar-refractivity contribution in [3.8, 4) is 0 Å². The molecule has 4 rings (SSSR count). The highest BCUT2D eigenvalue weighted by Crippen LogP contribution is 2.38. The van der Waals surface area contributed by atoms with Crippen LogP contribution >= 0.6 is 0 Å². The summed E-state index contributed by atoms with van der Waals surface area (Å²) >= 11 is 0. The van der Waals surface area contributed by atoms with E-state index in [1.54, 1.807) is 12.4 Å². The van der Waals surface area contributed by atoms with Crippen LogP contribution in [0.1, 0.15) is 31.0 Å². The van der Waals surface area contributed by atoms with Gasteiger partial charge in [-0.15, -0.1) is 0 Å². The van der Waals surface area contributed by atoms with E-state index < -0.39 is 0 Å². The molecule has 0 amide bonds. The smallest absolute Gasteiger partial charge is 0.271 e. The molecule has 2 bridgehead atoms. The zero-order valence-electron chi connectivity index (χ0n) is 8.65. The number of hydrogen-bond acceptors (Lipinski definition) is 3. The van der Waals surface area contributed by atoms with E-state index in [9.17, 15) is 4.79 Å². The Morgan fingerprint density at radius 2 is 2.20 bits per heavy atom. The topological polar surface area (TPSA) is 49.0 Å². The fourth-order valence-corrected chi connectivity index (χ4v) is 2.85. The van der Waals surface area contributed by atoms with Gasteiger partial charge in [-0.05, 0) is 38.3 Å². The summed E-state index contributed by atoms with van der Waals surface area (Å²) in [6, 6.07) is 0.266. The van der Waals surface area contributed by atoms with Crippen molar-refractivity contribution in [2.45, 2.75) is 25.3 Å². The molecule has 3 aliphatic rings. The molecule has 0 spiro atoms. The number of hydrogen-bond donors (Lipinski definition) is 1. The van der Waals surface area contributed by atoms with E-state index in [2.05, 4.69) is 14.9 Å². The molecule has 4 nitrogen and oxygen atoms in total. The maximum atomic E-state index is 11.7. The van der Waals surface area contributed by atoms with Gasteiger partial charge in [0.25, 0.3) is 5.56 Å². The first-order valence-electron chi connectivity index (χ1n) is 5.62. The van der Waals surface area contributed by atoms with Crippen LogP contribution in [0.5, 0.6) is 0 Å². The molecular formula is C11H15N3O. The Labute approximate surface area is 88.3 Å². The maximum absolute atomic E-state index is 11.7. The Morgan fingerprint density at radius 1 is 1.40 bits per heavy atom. The van der Waals surface area contributed by atoms with Crippen molar-refractivity contribution in [3.63, 3.8) is 0 Å². The van der Waals surface area contributed by atoms with Crippen molar-refractivity contribution in [1.29, 1.82) is 0 Å². The summed E-state index contributed by atoms with van der Waals surface area (Å²) in [6.07, 6.45) is 6.98. The third-order valence-electron chi connectivity index (χ3n) is 3.70. The Hall–Kier alpha value is -1.16. The highest BCUT2D eigenvalue weighted by atomic mass is 16.1. The number of aromatic nitrogens is 2. The number of H-pyrrole nitrogens is 1. The lowest BCUT2D eigenvalue weighted by molar-refractivity contribution is 0.0460. The first-order chi connectivity index (χ1) is 7.34. The van der Waals surface area contributed by atoms with Crippen LogP contribution in [-0.2, 0) is 0 Å². The van der Waals surface area contributed by atoms with Crippen molar-refractivity contribution in [1.82, 2.24) is 14.9 Å². The van der Waals surface area contributed by atoms with Crippen LogP contribution in [0.2, 0.25) is 0 Å². The van der Waals surface area contributed by atoms with Crippen molar-refractivity contribution in [2.75, 3.05) is 13.1 Å². The first-order valence-corrected chi connectivity index (χ1v) is 5.62. The van der Waals surface area contributed by atoms with Crippen LogP contribution in [0.3, 0.4) is 0 Å². The molecule has 0 radical (unpaired) electrons. The van der Waals surface area contributed by atoms with Gasteiger partial charge in [0, 0.05) is 12.4 Å². The lowest BCUT2D eigenvalue weighted by atomic mass is 9.82. The Kier molecular flexibility index (Phi) is 2.09. The summed E-state index contributed by atoms with van der Waals surface area (Å²) in [6.45, 7) is 2.26. The molecule has 3 aliphatic heterocycles. The van der Waals surface area contributed by atoms with Gasteiger partial charge < -0.3 is 4.98 Å². The van der Waals surface area contributed by atoms with Gasteiger partial charge in [0.15, 0.2) is 0 Å². The third kappa shape index (κ3) is 1.49. The maximum Gasteiger partial charge on any atom is 0.271 e. The summed E-state index contributed by atoms with van der Waals surface area (Å²) in [7, 11) is 0. The van der Waals surface area contributed by atoms with Gasteiger partial charge in [0.2, 0.25) is 0 Å². The van der Waals surface area contributed by atoms with Crippen LogP contribution in [-0.4, -0.2) is 28.0 Å². The molecule has 1 atom stereocenters. The van der Waals surface area contributed by atoms with E-state index in [1.165, 1.54) is 12.8 Å². The summed E-state index contributed by atoms with van der Waals surface area (Å²) in [4.78, 5) is 21.0. The Balaban J connectivity index is 1.95. The quantitative estimate of drug-likeness (QED) is 0.742. The van der Waals surface area contributed by atoms with Crippen molar-refractivity contribution >= 4 is 0 Å². The fourth-order valence-electron chi connectivity index (χ4n) is 2.85. The molecule has 80 valence electrons. The number of fused-ring (bicyclic) bond motifs is 3. The molecule has 15 heavy (non-hydrogen) atoms. The molecular weight excluding hydrogens is 190 g/mol. The normalized spacial score (nSPS) is 34.3. The molecule has 1 unspecified atom stereocenters. The van der Waals surface area contributed by atoms with Crippen LogP contribution in [0.4, 0.5) is 0 Å². The average molecular weight is 205 g/mol. The Bertz CT molecular complexity index is 406. The molecule has 3 saturated heterocycles. The minimum Gasteiger partial charge on any atom is -0.326 e. The fraction of sp³-hybridized carbons (Fsp3) is 0.636. The Morgan fingerprint density at radius 3 is 2.80 bits per heavy atom. The third-order valence-corrected chi connectivity index (χ3v) is 3.70. The standard InChI is InChI=1S/C11H15N3O/c15-11-10(12-3-4-13-11)9-7-8-1-5-14(9)6-2-8/h3-4,8-9H,1-2,5-7H2,(H,13,15). The van der Waals surface area contributed by atoms with E-state index in [1.807, 2.05) is 0 Å². The number of aromatic amines is 1. The van der Waals surface area contributed by atoms with Gasteiger partial charge in [-0.25, -0.2) is 0 Å². The van der Waals surface area contributed by atoms with Gasteiger partial charge in [0.1, 0.15) is 5.69 Å². The number of piperidine rings is 3. The number of nitrogens with zero attached hydrogens (tertiary/aromatic N) is 2. The first kappa shape index (κ1) is 9.09. The predicted octanol–water partition coefficient (Wildman–Crippen LogP) is 0.927. The van der Waals surface area contributed by atoms with Crippen LogP contribution in [0.25, 0.3) is 0 Å². The second-order valence-electron chi connectivity index (χ2n) is 4.53. The van der Waals surface area contributed by atoms with E-state index in [0.717, 1.165) is 25.4 Å². The summed E-state index contributed by atoms with van der Waals surface area (Å²) in [5.74, 6) is 0.807. The van der Waals surface area contributed by atoms with E-state index >= 15 is 0 Å². The largest absolute Gasteiger partial charge is 0.326 e. The van der Waals surface area contributed by atoms with Gasteiger partial charge in [0.05, 0.1) is 6.04 Å². The summed E-state index contributed by atoms with van der Waals surface area (Å²) < 4.78 is 0. The van der Waals surface area contributed by atoms with Crippen molar-refractivity contribution in [3.05, 3.63) is 28.4 Å². The minimum absolute atomic E-state index is 0.0185. The second-order valence-corrected chi connectivity index (χ2v) is 4.53.